The number of hydrogen-bond donors (Lipinski definition) is 0. The number of hydrogen-bond acceptors (Lipinski definition) is 3. The zero-order chi connectivity index (χ0) is 19.4. The zero-order valence-electron chi connectivity index (χ0n) is 15.0. The van der Waals surface area contributed by atoms with Crippen LogP contribution in [0, 0.1) is 5.92 Å². The zero-order valence-corrected chi connectivity index (χ0v) is 15.0. The minimum absolute atomic E-state index is 0.00601. The van der Waals surface area contributed by atoms with Crippen LogP contribution in [0.3, 0.4) is 0 Å². The number of carbonyl (C=O) groups is 2. The molecule has 1 aromatic carbocycles. The minimum atomic E-state index is -4.49. The van der Waals surface area contributed by atoms with Crippen LogP contribution in [0.2, 0.25) is 0 Å². The van der Waals surface area contributed by atoms with Gasteiger partial charge in [0.05, 0.1) is 31.1 Å². The van der Waals surface area contributed by atoms with Gasteiger partial charge in [-0.25, -0.2) is 0 Å². The summed E-state index contributed by atoms with van der Waals surface area (Å²) in [5.41, 5.74) is -0.812. The van der Waals surface area contributed by atoms with E-state index in [1.54, 1.807) is 4.90 Å². The molecule has 2 aliphatic rings. The van der Waals surface area contributed by atoms with Crippen LogP contribution in [0.1, 0.15) is 24.0 Å². The number of alkyl halides is 3. The summed E-state index contributed by atoms with van der Waals surface area (Å²) in [7, 11) is 0. The second kappa shape index (κ2) is 8.29. The predicted octanol–water partition coefficient (Wildman–Crippen LogP) is 2.35. The van der Waals surface area contributed by atoms with E-state index in [0.717, 1.165) is 6.07 Å². The van der Waals surface area contributed by atoms with Crippen LogP contribution < -0.4 is 0 Å². The molecule has 2 aliphatic heterocycles. The third-order valence-electron chi connectivity index (χ3n) is 5.11. The molecule has 2 heterocycles. The van der Waals surface area contributed by atoms with Gasteiger partial charge in [0, 0.05) is 26.2 Å². The number of nitrogens with zero attached hydrogens (tertiary/aromatic N) is 2. The van der Waals surface area contributed by atoms with Crippen LogP contribution in [0.25, 0.3) is 0 Å². The van der Waals surface area contributed by atoms with E-state index in [-0.39, 0.29) is 36.3 Å². The van der Waals surface area contributed by atoms with Crippen molar-refractivity contribution in [1.29, 1.82) is 0 Å². The molecule has 0 bridgehead atoms. The van der Waals surface area contributed by atoms with Gasteiger partial charge in [0.1, 0.15) is 0 Å². The summed E-state index contributed by atoms with van der Waals surface area (Å²) in [6, 6.07) is 5.14. The summed E-state index contributed by atoms with van der Waals surface area (Å²) < 4.78 is 44.6. The second-order valence-corrected chi connectivity index (χ2v) is 6.95. The number of piperidine rings is 1. The first-order valence-electron chi connectivity index (χ1n) is 9.15. The standard InChI is InChI=1S/C19H23F3N2O3/c20-19(21,22)16-6-2-1-4-14(16)12-17(25)24-7-3-5-15(13-24)18(26)23-8-10-27-11-9-23/h1-2,4,6,15H,3,5,7-13H2/t15-/m0/s1. The maximum atomic E-state index is 13.1. The van der Waals surface area contributed by atoms with E-state index in [2.05, 4.69) is 0 Å². The molecule has 2 fully saturated rings. The number of benzene rings is 1. The van der Waals surface area contributed by atoms with Crippen molar-refractivity contribution in [1.82, 2.24) is 9.80 Å². The van der Waals surface area contributed by atoms with Gasteiger partial charge in [0.2, 0.25) is 11.8 Å². The number of rotatable bonds is 3. The lowest BCUT2D eigenvalue weighted by molar-refractivity contribution is -0.143. The third-order valence-corrected chi connectivity index (χ3v) is 5.11. The highest BCUT2D eigenvalue weighted by atomic mass is 19.4. The maximum Gasteiger partial charge on any atom is 0.416 e. The first kappa shape index (κ1) is 19.7. The highest BCUT2D eigenvalue weighted by molar-refractivity contribution is 5.82. The Morgan fingerprint density at radius 1 is 1.07 bits per heavy atom. The summed E-state index contributed by atoms with van der Waals surface area (Å²) in [6.45, 7) is 2.85. The monoisotopic (exact) mass is 384 g/mol. The van der Waals surface area contributed by atoms with Crippen molar-refractivity contribution in [2.45, 2.75) is 25.4 Å². The lowest BCUT2D eigenvalue weighted by Gasteiger charge is -2.36. The van der Waals surface area contributed by atoms with Gasteiger partial charge in [-0.3, -0.25) is 9.59 Å². The molecule has 8 heteroatoms. The van der Waals surface area contributed by atoms with Gasteiger partial charge in [-0.1, -0.05) is 18.2 Å². The molecular weight excluding hydrogens is 361 g/mol. The van der Waals surface area contributed by atoms with Gasteiger partial charge in [-0.05, 0) is 24.5 Å². The fourth-order valence-electron chi connectivity index (χ4n) is 3.67. The molecule has 0 aliphatic carbocycles. The fourth-order valence-corrected chi connectivity index (χ4v) is 3.67. The molecule has 0 aromatic heterocycles. The Morgan fingerprint density at radius 3 is 2.48 bits per heavy atom. The Bertz CT molecular complexity index is 687. The normalized spacial score (nSPS) is 21.2. The second-order valence-electron chi connectivity index (χ2n) is 6.95. The number of likely N-dealkylation sites (tertiary alicyclic amines) is 1. The molecular formula is C19H23F3N2O3. The Balaban J connectivity index is 1.64. The summed E-state index contributed by atoms with van der Waals surface area (Å²) in [4.78, 5) is 28.5. The number of amides is 2. The first-order chi connectivity index (χ1) is 12.9. The van der Waals surface area contributed by atoms with Crippen LogP contribution in [-0.4, -0.2) is 61.0 Å². The van der Waals surface area contributed by atoms with Gasteiger partial charge in [-0.2, -0.15) is 13.2 Å². The molecule has 0 spiro atoms. The van der Waals surface area contributed by atoms with E-state index in [9.17, 15) is 22.8 Å². The molecule has 148 valence electrons. The SMILES string of the molecule is O=C(Cc1ccccc1C(F)(F)F)N1CCC[C@H](C(=O)N2CCOCC2)C1. The van der Waals surface area contributed by atoms with Crippen molar-refractivity contribution in [3.63, 3.8) is 0 Å². The van der Waals surface area contributed by atoms with Crippen LogP contribution in [0.5, 0.6) is 0 Å². The van der Waals surface area contributed by atoms with Gasteiger partial charge < -0.3 is 14.5 Å². The number of morpholine rings is 1. The largest absolute Gasteiger partial charge is 0.416 e. The van der Waals surface area contributed by atoms with E-state index in [1.807, 2.05) is 0 Å². The molecule has 27 heavy (non-hydrogen) atoms. The van der Waals surface area contributed by atoms with E-state index in [4.69, 9.17) is 4.74 Å². The average Bonchev–Trinajstić information content (AvgIpc) is 2.68. The van der Waals surface area contributed by atoms with Crippen molar-refractivity contribution in [2.24, 2.45) is 5.92 Å². The maximum absolute atomic E-state index is 13.1. The molecule has 1 atom stereocenters. The Morgan fingerprint density at radius 2 is 1.78 bits per heavy atom. The van der Waals surface area contributed by atoms with E-state index in [0.29, 0.717) is 45.7 Å². The quantitative estimate of drug-likeness (QED) is 0.804. The highest BCUT2D eigenvalue weighted by Crippen LogP contribution is 2.32. The lowest BCUT2D eigenvalue weighted by atomic mass is 9.95. The average molecular weight is 384 g/mol. The summed E-state index contributed by atoms with van der Waals surface area (Å²) in [5, 5.41) is 0. The molecule has 1 aromatic rings. The molecule has 0 radical (unpaired) electrons. The Kier molecular flexibility index (Phi) is 6.04. The predicted molar refractivity (Wildman–Crippen MR) is 91.9 cm³/mol. The highest BCUT2D eigenvalue weighted by Gasteiger charge is 2.35. The molecule has 0 saturated carbocycles. The van der Waals surface area contributed by atoms with E-state index >= 15 is 0 Å². The number of carbonyl (C=O) groups excluding carboxylic acids is 2. The smallest absolute Gasteiger partial charge is 0.378 e. The minimum Gasteiger partial charge on any atom is -0.378 e. The van der Waals surface area contributed by atoms with Crippen molar-refractivity contribution in [3.05, 3.63) is 35.4 Å². The topological polar surface area (TPSA) is 49.9 Å². The fraction of sp³-hybridized carbons (Fsp3) is 0.579. The third kappa shape index (κ3) is 4.80. The van der Waals surface area contributed by atoms with Crippen LogP contribution in [0.4, 0.5) is 13.2 Å². The van der Waals surface area contributed by atoms with Gasteiger partial charge in [0.25, 0.3) is 0 Å². The van der Waals surface area contributed by atoms with Gasteiger partial charge >= 0.3 is 6.18 Å². The first-order valence-corrected chi connectivity index (χ1v) is 9.15. The molecule has 2 amide bonds. The summed E-state index contributed by atoms with van der Waals surface area (Å²) >= 11 is 0. The Hall–Kier alpha value is -2.09. The number of ether oxygens (including phenoxy) is 1. The summed E-state index contributed by atoms with van der Waals surface area (Å²) in [5.74, 6) is -0.656. The van der Waals surface area contributed by atoms with Crippen molar-refractivity contribution in [3.8, 4) is 0 Å². The molecule has 0 N–H and O–H groups in total. The molecule has 2 saturated heterocycles. The van der Waals surface area contributed by atoms with Gasteiger partial charge in [-0.15, -0.1) is 0 Å². The van der Waals surface area contributed by atoms with Crippen LogP contribution >= 0.6 is 0 Å². The summed E-state index contributed by atoms with van der Waals surface area (Å²) in [6.07, 6.45) is -3.44. The van der Waals surface area contributed by atoms with Gasteiger partial charge in [0.15, 0.2) is 0 Å². The van der Waals surface area contributed by atoms with E-state index in [1.165, 1.54) is 23.1 Å². The number of halogens is 3. The molecule has 5 nitrogen and oxygen atoms in total. The van der Waals surface area contributed by atoms with Crippen molar-refractivity contribution >= 4 is 11.8 Å². The van der Waals surface area contributed by atoms with Crippen molar-refractivity contribution in [2.75, 3.05) is 39.4 Å². The van der Waals surface area contributed by atoms with Crippen molar-refractivity contribution < 1.29 is 27.5 Å². The van der Waals surface area contributed by atoms with Crippen LogP contribution in [0.15, 0.2) is 24.3 Å². The molecule has 3 rings (SSSR count). The molecule has 0 unspecified atom stereocenters. The van der Waals surface area contributed by atoms with E-state index < -0.39 is 11.7 Å². The lowest BCUT2D eigenvalue weighted by Crippen LogP contribution is -2.49. The van der Waals surface area contributed by atoms with Crippen LogP contribution in [-0.2, 0) is 26.9 Å². The Labute approximate surface area is 156 Å².